The second-order valence-electron chi connectivity index (χ2n) is 28.4. The van der Waals surface area contributed by atoms with Crippen molar-refractivity contribution in [3.8, 4) is 0 Å². The highest BCUT2D eigenvalue weighted by atomic mass is 16.7. The van der Waals surface area contributed by atoms with E-state index in [1.54, 1.807) is 4.90 Å². The highest BCUT2D eigenvalue weighted by molar-refractivity contribution is 5.79. The second kappa shape index (κ2) is 56.6. The number of nitrogens with zero attached hydrogens (tertiary/aromatic N) is 1. The number of amides is 4. The number of hydrogen-bond donors (Lipinski definition) is 16. The van der Waals surface area contributed by atoms with Crippen molar-refractivity contribution < 1.29 is 166 Å². The van der Waals surface area contributed by atoms with E-state index in [0.717, 1.165) is 44.9 Å². The Morgan fingerprint density at radius 1 is 0.385 bits per heavy atom. The van der Waals surface area contributed by atoms with E-state index in [9.17, 15) is 90.4 Å². The summed E-state index contributed by atoms with van der Waals surface area (Å²) in [5, 5.41) is 137. The largest absolute Gasteiger partial charge is 0.394 e. The lowest BCUT2D eigenvalue weighted by molar-refractivity contribution is -0.302. The number of hydrogen-bond acceptors (Lipinski definition) is 34. The number of Topliss-reactive ketones (excluding diaryl/α,β-unsaturated/α-hetero) is 1. The van der Waals surface area contributed by atoms with Gasteiger partial charge in [-0.15, -0.1) is 0 Å². The first-order chi connectivity index (χ1) is 52.3. The zero-order chi connectivity index (χ0) is 79.8. The SMILES string of the molecule is CC(C)(C)OC[C@@H]1C[C@@H](O)CN1C(=O)CCCCCCCCCCC(=O)CC(COCCC(=O)NCCOCCOCCO[C@H]1OC(CO)[C@@H](O)[C@H](O)C1O)(COCCC(=O)NCCOCCOCCO[C@H]1OC(CO)[C@@H](O)[C@H](O)C1O)COCCC(=O)NCCOCCOCCO[C@H]1OC(CO)[C@@H](O)[C@H](O)C1O. The molecule has 0 bridgehead atoms. The third kappa shape index (κ3) is 40.0. The van der Waals surface area contributed by atoms with E-state index in [4.69, 9.17) is 75.8 Å². The van der Waals surface area contributed by atoms with Gasteiger partial charge in [0.05, 0.1) is 183 Å². The summed E-state index contributed by atoms with van der Waals surface area (Å²) in [5.74, 6) is -1.13. The van der Waals surface area contributed by atoms with Crippen LogP contribution in [-0.4, -0.2) is 402 Å². The molecule has 0 aromatic heterocycles. The van der Waals surface area contributed by atoms with Crippen LogP contribution in [0.3, 0.4) is 0 Å². The number of β-amino-alcohol motifs (C(OH)–C–C–N with tert-alkyl or cyclic N) is 1. The van der Waals surface area contributed by atoms with E-state index in [1.807, 2.05) is 20.8 Å². The van der Waals surface area contributed by atoms with Crippen LogP contribution in [0.2, 0.25) is 0 Å². The highest BCUT2D eigenvalue weighted by Crippen LogP contribution is 2.29. The molecule has 4 heterocycles. The molecule has 38 heteroatoms. The molecule has 0 radical (unpaired) electrons. The molecule has 17 atom stereocenters. The van der Waals surface area contributed by atoms with Crippen LogP contribution in [0.25, 0.3) is 0 Å². The maximum atomic E-state index is 14.1. The van der Waals surface area contributed by atoms with E-state index in [0.29, 0.717) is 32.4 Å². The predicted molar refractivity (Wildman–Crippen MR) is 379 cm³/mol. The van der Waals surface area contributed by atoms with E-state index in [2.05, 4.69) is 16.0 Å². The van der Waals surface area contributed by atoms with E-state index < -0.39 is 123 Å². The molecule has 38 nitrogen and oxygen atoms in total. The number of rotatable bonds is 63. The third-order valence-electron chi connectivity index (χ3n) is 18.1. The summed E-state index contributed by atoms with van der Waals surface area (Å²) in [6.07, 6.45) is -14.0. The number of aliphatic hydroxyl groups excluding tert-OH is 13. The fraction of sp³-hybridized carbons (Fsp3) is 0.930. The van der Waals surface area contributed by atoms with Crippen molar-refractivity contribution in [2.45, 2.75) is 227 Å². The minimum Gasteiger partial charge on any atom is -0.394 e. The van der Waals surface area contributed by atoms with Crippen molar-refractivity contribution in [1.82, 2.24) is 20.9 Å². The summed E-state index contributed by atoms with van der Waals surface area (Å²) < 4.78 is 89.7. The number of unbranched alkanes of at least 4 members (excludes halogenated alkanes) is 7. The van der Waals surface area contributed by atoms with E-state index in [1.165, 1.54) is 0 Å². The van der Waals surface area contributed by atoms with Crippen LogP contribution in [0.5, 0.6) is 0 Å². The van der Waals surface area contributed by atoms with Gasteiger partial charge in [-0.1, -0.05) is 38.5 Å². The minimum absolute atomic E-state index is 0.0268. The average Bonchev–Trinajstić information content (AvgIpc) is 1.14. The Kier molecular flexibility index (Phi) is 50.8. The van der Waals surface area contributed by atoms with Crippen LogP contribution < -0.4 is 16.0 Å². The van der Waals surface area contributed by atoms with Crippen LogP contribution in [0.15, 0.2) is 0 Å². The van der Waals surface area contributed by atoms with E-state index in [-0.39, 0.29) is 232 Å². The van der Waals surface area contributed by atoms with Gasteiger partial charge in [-0.05, 0) is 40.0 Å². The van der Waals surface area contributed by atoms with Gasteiger partial charge in [0.2, 0.25) is 23.6 Å². The Bertz CT molecular complexity index is 2220. The first-order valence-electron chi connectivity index (χ1n) is 38.2. The highest BCUT2D eigenvalue weighted by Gasteiger charge is 2.47. The molecule has 0 aromatic carbocycles. The topological polar surface area (TPSA) is 535 Å². The van der Waals surface area contributed by atoms with Gasteiger partial charge >= 0.3 is 0 Å². The third-order valence-corrected chi connectivity index (χ3v) is 18.1. The Hall–Kier alpha value is -3.61. The quantitative estimate of drug-likeness (QED) is 0.0253. The molecule has 4 fully saturated rings. The minimum atomic E-state index is -1.57. The molecular weight excluding hydrogens is 1450 g/mol. The number of ketones is 1. The van der Waals surface area contributed by atoms with Crippen LogP contribution >= 0.6 is 0 Å². The molecule has 4 aliphatic heterocycles. The van der Waals surface area contributed by atoms with Gasteiger partial charge in [-0.3, -0.25) is 24.0 Å². The van der Waals surface area contributed by atoms with Crippen LogP contribution in [0.1, 0.15) is 117 Å². The maximum Gasteiger partial charge on any atom is 0.222 e. The van der Waals surface area contributed by atoms with Crippen LogP contribution in [0.4, 0.5) is 0 Å². The summed E-state index contributed by atoms with van der Waals surface area (Å²) in [6.45, 7) is 6.18. The van der Waals surface area contributed by atoms with Gasteiger partial charge in [-0.25, -0.2) is 0 Å². The van der Waals surface area contributed by atoms with Crippen molar-refractivity contribution >= 4 is 29.4 Å². The van der Waals surface area contributed by atoms with Gasteiger partial charge in [0, 0.05) is 70.1 Å². The number of ether oxygens (including phenoxy) is 16. The molecule has 0 spiro atoms. The molecule has 0 saturated carbocycles. The number of carbonyl (C=O) groups excluding carboxylic acids is 5. The summed E-state index contributed by atoms with van der Waals surface area (Å²) >= 11 is 0. The molecule has 4 amide bonds. The lowest BCUT2D eigenvalue weighted by atomic mass is 9.84. The maximum absolute atomic E-state index is 14.1. The molecule has 4 rings (SSSR count). The summed E-state index contributed by atoms with van der Waals surface area (Å²) in [5.41, 5.74) is -1.50. The first kappa shape index (κ1) is 97.8. The Morgan fingerprint density at radius 3 is 1.05 bits per heavy atom. The standard InChI is InChI=1S/C71H130N4O34/c1-70(2,3)106-44-48-38-50(80)40-75(48)57(84)13-11-9-7-5-4-6-8-10-12-49(79)39-71(45-100-20-14-54(81)72-17-23-94-26-29-97-32-35-103-67-64(91)61(88)58(85)51(41-76)107-67,46-101-21-15-55(82)73-18-24-95-27-30-98-33-36-104-68-65(92)62(89)59(86)52(42-77)108-68)47-102-22-16-56(83)74-19-25-96-28-31-99-34-37-105-69-66(93)63(90)60(87)53(43-78)109-69/h48,50-53,58-69,76-78,80,85-93H,4-47H2,1-3H3,(H,72,81)(H,73,82)(H,74,83)/t48-,50+,51?,52?,53?,58+,59+,60+,61-,62-,63-,64?,65?,66?,67-,68-,69-,71?/m0/s1. The van der Waals surface area contributed by atoms with Crippen molar-refractivity contribution in [3.05, 3.63) is 0 Å². The molecule has 4 saturated heterocycles. The lowest BCUT2D eigenvalue weighted by Crippen LogP contribution is -2.59. The monoisotopic (exact) mass is 1580 g/mol. The molecule has 109 heavy (non-hydrogen) atoms. The van der Waals surface area contributed by atoms with Crippen LogP contribution in [0, 0.1) is 5.41 Å². The molecule has 6 unspecified atom stereocenters. The lowest BCUT2D eigenvalue weighted by Gasteiger charge is -2.39. The fourth-order valence-electron chi connectivity index (χ4n) is 12.0. The van der Waals surface area contributed by atoms with Crippen molar-refractivity contribution in [1.29, 1.82) is 0 Å². The van der Waals surface area contributed by atoms with Gasteiger partial charge < -0.3 is 163 Å². The smallest absolute Gasteiger partial charge is 0.222 e. The Balaban J connectivity index is 1.26. The summed E-state index contributed by atoms with van der Waals surface area (Å²) in [4.78, 5) is 67.9. The van der Waals surface area contributed by atoms with Gasteiger partial charge in [0.1, 0.15) is 79.0 Å². The molecule has 16 N–H and O–H groups in total. The Labute approximate surface area is 638 Å². The number of likely N-dealkylation sites (tertiary alicyclic amines) is 1. The molecule has 638 valence electrons. The van der Waals surface area contributed by atoms with Gasteiger partial charge in [0.15, 0.2) is 18.9 Å². The molecule has 4 aliphatic rings. The zero-order valence-electron chi connectivity index (χ0n) is 63.8. The van der Waals surface area contributed by atoms with Crippen molar-refractivity contribution in [3.63, 3.8) is 0 Å². The van der Waals surface area contributed by atoms with Gasteiger partial charge in [0.25, 0.3) is 0 Å². The molecule has 0 aromatic rings. The predicted octanol–water partition coefficient (Wildman–Crippen LogP) is -5.27. The van der Waals surface area contributed by atoms with Crippen molar-refractivity contribution in [2.75, 3.05) is 191 Å². The number of aliphatic hydroxyl groups is 13. The first-order valence-corrected chi connectivity index (χ1v) is 38.2. The normalized spacial score (nSPS) is 27.2. The average molecular weight is 1580 g/mol. The number of nitrogens with one attached hydrogen (secondary N) is 3. The summed E-state index contributed by atoms with van der Waals surface area (Å²) in [7, 11) is 0. The fourth-order valence-corrected chi connectivity index (χ4v) is 12.0. The Morgan fingerprint density at radius 2 is 0.706 bits per heavy atom. The van der Waals surface area contributed by atoms with Crippen LogP contribution in [-0.2, 0) is 99.8 Å². The van der Waals surface area contributed by atoms with Gasteiger partial charge in [-0.2, -0.15) is 0 Å². The second-order valence-corrected chi connectivity index (χ2v) is 28.4. The molecule has 0 aliphatic carbocycles. The van der Waals surface area contributed by atoms with Crippen molar-refractivity contribution in [2.24, 2.45) is 5.41 Å². The zero-order valence-corrected chi connectivity index (χ0v) is 63.8. The molecular formula is C71H130N4O34. The van der Waals surface area contributed by atoms with E-state index >= 15 is 0 Å². The summed E-state index contributed by atoms with van der Waals surface area (Å²) in [6, 6.07) is -0.146. The number of carbonyl (C=O) groups is 5.